The molecule has 1 aliphatic heterocycles. The zero-order valence-corrected chi connectivity index (χ0v) is 17.4. The molecule has 5 nitrogen and oxygen atoms in total. The zero-order valence-electron chi connectivity index (χ0n) is 17.4. The Hall–Kier alpha value is -1.10. The summed E-state index contributed by atoms with van der Waals surface area (Å²) in [6.45, 7) is 10.2. The summed E-state index contributed by atoms with van der Waals surface area (Å²) in [5.41, 5.74) is 0. The van der Waals surface area contributed by atoms with Gasteiger partial charge in [-0.1, -0.05) is 46.5 Å². The third kappa shape index (κ3) is 9.56. The third-order valence-electron chi connectivity index (χ3n) is 5.28. The van der Waals surface area contributed by atoms with E-state index in [-0.39, 0.29) is 30.6 Å². The van der Waals surface area contributed by atoms with Crippen LogP contribution in [0.25, 0.3) is 0 Å². The molecule has 2 atom stereocenters. The molecule has 1 saturated heterocycles. The Morgan fingerprint density at radius 1 is 1.08 bits per heavy atom. The minimum Gasteiger partial charge on any atom is -0.369 e. The van der Waals surface area contributed by atoms with E-state index in [1.54, 1.807) is 0 Å². The van der Waals surface area contributed by atoms with E-state index in [4.69, 9.17) is 4.74 Å². The molecule has 26 heavy (non-hydrogen) atoms. The second-order valence-corrected chi connectivity index (χ2v) is 7.92. The number of carbonyl (C=O) groups excluding carboxylic acids is 2. The molecule has 5 heteroatoms. The van der Waals surface area contributed by atoms with E-state index in [1.807, 2.05) is 11.8 Å². The first-order valence-electron chi connectivity index (χ1n) is 10.6. The number of hydrogen-bond acceptors (Lipinski definition) is 3. The van der Waals surface area contributed by atoms with Gasteiger partial charge >= 0.3 is 0 Å². The van der Waals surface area contributed by atoms with E-state index in [0.717, 1.165) is 38.5 Å². The van der Waals surface area contributed by atoms with Crippen molar-refractivity contribution in [3.8, 4) is 0 Å². The summed E-state index contributed by atoms with van der Waals surface area (Å²) >= 11 is 0. The summed E-state index contributed by atoms with van der Waals surface area (Å²) in [6, 6.07) is 0.208. The molecule has 2 amide bonds. The number of nitrogens with zero attached hydrogens (tertiary/aromatic N) is 1. The predicted molar refractivity (Wildman–Crippen MR) is 106 cm³/mol. The van der Waals surface area contributed by atoms with Crippen molar-refractivity contribution in [3.05, 3.63) is 0 Å². The van der Waals surface area contributed by atoms with Gasteiger partial charge in [-0.3, -0.25) is 9.59 Å². The highest BCUT2D eigenvalue weighted by molar-refractivity contribution is 5.78. The Bertz CT molecular complexity index is 406. The van der Waals surface area contributed by atoms with Gasteiger partial charge in [0.1, 0.15) is 6.61 Å². The van der Waals surface area contributed by atoms with Gasteiger partial charge in [-0.25, -0.2) is 0 Å². The largest absolute Gasteiger partial charge is 0.369 e. The Kier molecular flexibility index (Phi) is 11.6. The fraction of sp³-hybridized carbons (Fsp3) is 0.905. The molecule has 1 heterocycles. The van der Waals surface area contributed by atoms with Crippen LogP contribution in [0.1, 0.15) is 85.5 Å². The van der Waals surface area contributed by atoms with E-state index in [0.29, 0.717) is 25.4 Å². The number of rotatable bonds is 12. The van der Waals surface area contributed by atoms with Gasteiger partial charge in [0.15, 0.2) is 0 Å². The molecule has 2 unspecified atom stereocenters. The number of ether oxygens (including phenoxy) is 1. The highest BCUT2D eigenvalue weighted by atomic mass is 16.5. The van der Waals surface area contributed by atoms with E-state index in [1.165, 1.54) is 12.8 Å². The first kappa shape index (κ1) is 22.9. The Labute approximate surface area is 160 Å². The molecule has 1 rings (SSSR count). The molecule has 152 valence electrons. The van der Waals surface area contributed by atoms with Gasteiger partial charge in [0.05, 0.1) is 6.10 Å². The Morgan fingerprint density at radius 2 is 1.73 bits per heavy atom. The number of nitrogens with one attached hydrogen (secondary N) is 1. The van der Waals surface area contributed by atoms with Crippen molar-refractivity contribution in [1.82, 2.24) is 10.2 Å². The van der Waals surface area contributed by atoms with Crippen LogP contribution in [0.4, 0.5) is 0 Å². The smallest absolute Gasteiger partial charge is 0.248 e. The molecule has 0 aromatic rings. The molecule has 1 N–H and O–H groups in total. The zero-order chi connectivity index (χ0) is 19.4. The predicted octanol–water partition coefficient (Wildman–Crippen LogP) is 3.91. The highest BCUT2D eigenvalue weighted by Gasteiger charge is 2.24. The maximum absolute atomic E-state index is 12.2. The van der Waals surface area contributed by atoms with Crippen LogP contribution in [0.2, 0.25) is 0 Å². The normalized spacial score (nSPS) is 17.8. The second kappa shape index (κ2) is 13.1. The SMILES string of the molecule is CCCC(C)CCCC(=O)NC1CCN(C(=O)COC(C)CCC)CC1. The van der Waals surface area contributed by atoms with Crippen LogP contribution >= 0.6 is 0 Å². The lowest BCUT2D eigenvalue weighted by Crippen LogP contribution is -2.47. The first-order valence-corrected chi connectivity index (χ1v) is 10.6. The molecule has 0 radical (unpaired) electrons. The van der Waals surface area contributed by atoms with Gasteiger partial charge in [0, 0.05) is 25.6 Å². The summed E-state index contributed by atoms with van der Waals surface area (Å²) in [5.74, 6) is 0.946. The van der Waals surface area contributed by atoms with Crippen LogP contribution in [0.15, 0.2) is 0 Å². The molecule has 0 saturated carbocycles. The van der Waals surface area contributed by atoms with Gasteiger partial charge in [-0.15, -0.1) is 0 Å². The lowest BCUT2D eigenvalue weighted by Gasteiger charge is -2.32. The van der Waals surface area contributed by atoms with E-state index in [9.17, 15) is 9.59 Å². The molecule has 1 aliphatic rings. The van der Waals surface area contributed by atoms with Crippen molar-refractivity contribution < 1.29 is 14.3 Å². The van der Waals surface area contributed by atoms with Gasteiger partial charge in [-0.05, 0) is 38.5 Å². The molecule has 0 spiro atoms. The minimum absolute atomic E-state index is 0.0719. The molecule has 0 aromatic carbocycles. The lowest BCUT2D eigenvalue weighted by molar-refractivity contribution is -0.139. The van der Waals surface area contributed by atoms with Crippen LogP contribution in [0.3, 0.4) is 0 Å². The highest BCUT2D eigenvalue weighted by Crippen LogP contribution is 2.15. The van der Waals surface area contributed by atoms with Gasteiger partial charge in [0.25, 0.3) is 0 Å². The van der Waals surface area contributed by atoms with Gasteiger partial charge in [-0.2, -0.15) is 0 Å². The number of piperidine rings is 1. The average Bonchev–Trinajstić information content (AvgIpc) is 2.61. The maximum Gasteiger partial charge on any atom is 0.248 e. The van der Waals surface area contributed by atoms with Crippen LogP contribution in [-0.4, -0.2) is 48.6 Å². The third-order valence-corrected chi connectivity index (χ3v) is 5.28. The number of likely N-dealkylation sites (tertiary alicyclic amines) is 1. The number of carbonyl (C=O) groups is 2. The summed E-state index contributed by atoms with van der Waals surface area (Å²) in [5, 5.41) is 3.14. The standard InChI is InChI=1S/C21H40N2O3/c1-5-8-17(3)10-7-11-20(24)22-19-12-14-23(15-13-19)21(25)16-26-18(4)9-6-2/h17-19H,5-16H2,1-4H3,(H,22,24). The van der Waals surface area contributed by atoms with Crippen LogP contribution in [0.5, 0.6) is 0 Å². The minimum atomic E-state index is 0.0719. The molecular formula is C21H40N2O3. The van der Waals surface area contributed by atoms with Crippen molar-refractivity contribution in [3.63, 3.8) is 0 Å². The summed E-state index contributed by atoms with van der Waals surface area (Å²) in [7, 11) is 0. The average molecular weight is 369 g/mol. The Morgan fingerprint density at radius 3 is 2.35 bits per heavy atom. The fourth-order valence-electron chi connectivity index (χ4n) is 3.62. The van der Waals surface area contributed by atoms with Crippen LogP contribution in [-0.2, 0) is 14.3 Å². The van der Waals surface area contributed by atoms with Crippen molar-refractivity contribution in [1.29, 1.82) is 0 Å². The lowest BCUT2D eigenvalue weighted by atomic mass is 9.99. The molecule has 0 aromatic heterocycles. The number of amides is 2. The van der Waals surface area contributed by atoms with Crippen LogP contribution < -0.4 is 5.32 Å². The molecule has 0 bridgehead atoms. The summed E-state index contributed by atoms with van der Waals surface area (Å²) < 4.78 is 5.61. The Balaban J connectivity index is 2.16. The topological polar surface area (TPSA) is 58.6 Å². The molecular weight excluding hydrogens is 328 g/mol. The van der Waals surface area contributed by atoms with Gasteiger partial charge < -0.3 is 15.0 Å². The maximum atomic E-state index is 12.2. The summed E-state index contributed by atoms with van der Waals surface area (Å²) in [6.07, 6.45) is 9.06. The molecule has 1 fully saturated rings. The van der Waals surface area contributed by atoms with Crippen molar-refractivity contribution >= 4 is 11.8 Å². The monoisotopic (exact) mass is 368 g/mol. The van der Waals surface area contributed by atoms with E-state index < -0.39 is 0 Å². The van der Waals surface area contributed by atoms with Gasteiger partial charge in [0.2, 0.25) is 11.8 Å². The second-order valence-electron chi connectivity index (χ2n) is 7.92. The van der Waals surface area contributed by atoms with E-state index >= 15 is 0 Å². The first-order chi connectivity index (χ1) is 12.5. The van der Waals surface area contributed by atoms with E-state index in [2.05, 4.69) is 26.1 Å². The van der Waals surface area contributed by atoms with Crippen molar-refractivity contribution in [2.75, 3.05) is 19.7 Å². The molecule has 0 aliphatic carbocycles. The summed E-state index contributed by atoms with van der Waals surface area (Å²) in [4.78, 5) is 26.2. The van der Waals surface area contributed by atoms with Crippen LogP contribution in [0, 0.1) is 5.92 Å². The quantitative estimate of drug-likeness (QED) is 0.568. The fourth-order valence-corrected chi connectivity index (χ4v) is 3.62. The van der Waals surface area contributed by atoms with Crippen molar-refractivity contribution in [2.45, 2.75) is 97.6 Å². The van der Waals surface area contributed by atoms with Crippen molar-refractivity contribution in [2.24, 2.45) is 5.92 Å². The number of hydrogen-bond donors (Lipinski definition) is 1.